The Kier molecular flexibility index (Phi) is 6.21. The van der Waals surface area contributed by atoms with Crippen molar-refractivity contribution in [2.45, 2.75) is 105 Å². The lowest BCUT2D eigenvalue weighted by atomic mass is 9.72. The van der Waals surface area contributed by atoms with E-state index >= 15 is 0 Å². The molecule has 45 heavy (non-hydrogen) atoms. The molecule has 0 aromatic carbocycles. The lowest BCUT2D eigenvalue weighted by Gasteiger charge is -2.45. The predicted octanol–water partition coefficient (Wildman–Crippen LogP) is -1.16. The zero-order valence-electron chi connectivity index (χ0n) is 24.7. The van der Waals surface area contributed by atoms with Crippen LogP contribution >= 0.6 is 0 Å². The molecule has 9 rings (SSSR count). The smallest absolute Gasteiger partial charge is 0.167 e. The van der Waals surface area contributed by atoms with Crippen LogP contribution in [0.2, 0.25) is 0 Å². The number of aromatic nitrogens is 8. The number of hydrogen-bond acceptors (Lipinski definition) is 16. The van der Waals surface area contributed by atoms with Crippen LogP contribution in [-0.4, -0.2) is 103 Å². The molecule has 0 amide bonds. The van der Waals surface area contributed by atoms with E-state index in [0.29, 0.717) is 41.0 Å². The van der Waals surface area contributed by atoms with E-state index < -0.39 is 35.4 Å². The molecule has 0 radical (unpaired) electrons. The Morgan fingerprint density at radius 2 is 1.22 bits per heavy atom. The standard InChI is InChI=1S/C15H20N6O3.C12H16N6O3/c1-14(2)22-9-10(23-14)15(3-7(16)4-15)24-13(9)21-6-20-8-11(17)18-5-19-12(8)21;13-5-1-12(2-5)8(20)7(19)11(21-12)18-4-17-6-9(14)15-3-16-10(6)18/h5-7,9-10,13H,3-4,16H2,1-2H3,(H2,17,18,19);3-5,7-8,11,19-20H,1-2,13H2,(H2,14,15,16)/t7?,9-,10+,13-,15?;5?,7-,8+,11-,12?/m11/s1. The predicted molar refractivity (Wildman–Crippen MR) is 155 cm³/mol. The number of aliphatic hydroxyl groups is 2. The number of nitrogens with zero attached hydrogens (tertiary/aromatic N) is 8. The maximum absolute atomic E-state index is 10.3. The summed E-state index contributed by atoms with van der Waals surface area (Å²) in [6.07, 6.45) is 4.82. The monoisotopic (exact) mass is 624 g/mol. The quantitative estimate of drug-likeness (QED) is 0.153. The van der Waals surface area contributed by atoms with Crippen molar-refractivity contribution in [2.24, 2.45) is 11.5 Å². The molecule has 240 valence electrons. The van der Waals surface area contributed by atoms with Gasteiger partial charge in [0.2, 0.25) is 0 Å². The Morgan fingerprint density at radius 3 is 1.78 bits per heavy atom. The van der Waals surface area contributed by atoms with Crippen molar-refractivity contribution in [3.8, 4) is 0 Å². The fraction of sp³-hybridized carbons (Fsp3) is 0.630. The van der Waals surface area contributed by atoms with Crippen LogP contribution in [0.1, 0.15) is 52.0 Å². The minimum Gasteiger partial charge on any atom is -0.387 e. The number of anilines is 2. The van der Waals surface area contributed by atoms with E-state index in [4.69, 9.17) is 41.9 Å². The number of hydrogen-bond donors (Lipinski definition) is 6. The Balaban J connectivity index is 0.000000135. The molecule has 4 aromatic rings. The zero-order chi connectivity index (χ0) is 31.5. The van der Waals surface area contributed by atoms with Gasteiger partial charge in [-0.2, -0.15) is 0 Å². The topological polar surface area (TPSA) is 269 Å². The minimum absolute atomic E-state index is 0.0110. The summed E-state index contributed by atoms with van der Waals surface area (Å²) in [7, 11) is 0. The molecular formula is C27H36N12O6. The van der Waals surface area contributed by atoms with Gasteiger partial charge in [0.1, 0.15) is 59.3 Å². The lowest BCUT2D eigenvalue weighted by Crippen LogP contribution is -2.58. The summed E-state index contributed by atoms with van der Waals surface area (Å²) in [6.45, 7) is 3.84. The number of rotatable bonds is 2. The highest BCUT2D eigenvalue weighted by molar-refractivity contribution is 5.81. The average Bonchev–Trinajstić information content (AvgIpc) is 3.75. The van der Waals surface area contributed by atoms with Crippen molar-refractivity contribution < 1.29 is 29.2 Å². The van der Waals surface area contributed by atoms with Gasteiger partial charge in [0, 0.05) is 12.1 Å². The average molecular weight is 625 g/mol. The van der Waals surface area contributed by atoms with E-state index in [2.05, 4.69) is 29.9 Å². The lowest BCUT2D eigenvalue weighted by molar-refractivity contribution is -0.238. The largest absolute Gasteiger partial charge is 0.387 e. The summed E-state index contributed by atoms with van der Waals surface area (Å²) in [5.74, 6) is -0.0567. The van der Waals surface area contributed by atoms with E-state index in [9.17, 15) is 10.2 Å². The third-order valence-electron chi connectivity index (χ3n) is 9.55. The molecule has 18 nitrogen and oxygen atoms in total. The van der Waals surface area contributed by atoms with Crippen LogP contribution < -0.4 is 22.9 Å². The van der Waals surface area contributed by atoms with E-state index in [-0.39, 0.29) is 36.3 Å². The molecule has 4 aromatic heterocycles. The van der Waals surface area contributed by atoms with Crippen LogP contribution in [0.3, 0.4) is 0 Å². The van der Waals surface area contributed by atoms with Crippen molar-refractivity contribution in [3.05, 3.63) is 25.3 Å². The van der Waals surface area contributed by atoms with Gasteiger partial charge in [-0.05, 0) is 39.5 Å². The summed E-state index contributed by atoms with van der Waals surface area (Å²) >= 11 is 0. The van der Waals surface area contributed by atoms with Crippen molar-refractivity contribution in [2.75, 3.05) is 11.5 Å². The second-order valence-electron chi connectivity index (χ2n) is 13.1. The highest BCUT2D eigenvalue weighted by atomic mass is 16.8. The molecule has 6 atom stereocenters. The summed E-state index contributed by atoms with van der Waals surface area (Å²) < 4.78 is 28.0. The maximum atomic E-state index is 10.3. The van der Waals surface area contributed by atoms with Crippen LogP contribution in [0.25, 0.3) is 22.3 Å². The van der Waals surface area contributed by atoms with Crippen molar-refractivity contribution in [3.63, 3.8) is 0 Å². The Labute approximate surface area is 256 Å². The molecule has 5 fully saturated rings. The number of nitrogen functional groups attached to an aromatic ring is 2. The van der Waals surface area contributed by atoms with Gasteiger partial charge in [-0.15, -0.1) is 0 Å². The van der Waals surface area contributed by atoms with Crippen LogP contribution in [0, 0.1) is 0 Å². The molecule has 3 aliphatic heterocycles. The molecule has 0 bridgehead atoms. The first kappa shape index (κ1) is 28.8. The summed E-state index contributed by atoms with van der Waals surface area (Å²) in [4.78, 5) is 24.8. The number of ether oxygens (including phenoxy) is 4. The minimum atomic E-state index is -1.08. The third kappa shape index (κ3) is 4.24. The first-order chi connectivity index (χ1) is 21.4. The molecule has 7 heterocycles. The van der Waals surface area contributed by atoms with Crippen LogP contribution in [0.4, 0.5) is 11.6 Å². The van der Waals surface area contributed by atoms with Gasteiger partial charge in [0.15, 0.2) is 41.2 Å². The molecule has 2 saturated carbocycles. The second-order valence-corrected chi connectivity index (χ2v) is 13.1. The number of aliphatic hydroxyl groups excluding tert-OH is 2. The Bertz CT molecular complexity index is 1770. The number of imidazole rings is 2. The molecule has 18 heteroatoms. The maximum Gasteiger partial charge on any atom is 0.167 e. The van der Waals surface area contributed by atoms with Gasteiger partial charge in [-0.1, -0.05) is 0 Å². The number of fused-ring (bicyclic) bond motifs is 4. The van der Waals surface area contributed by atoms with Gasteiger partial charge in [0.25, 0.3) is 0 Å². The summed E-state index contributed by atoms with van der Waals surface area (Å²) in [5, 5.41) is 20.6. The van der Waals surface area contributed by atoms with E-state index in [1.165, 1.54) is 19.0 Å². The van der Waals surface area contributed by atoms with Crippen molar-refractivity contribution in [1.82, 2.24) is 39.0 Å². The van der Waals surface area contributed by atoms with E-state index in [1.807, 2.05) is 18.4 Å². The first-order valence-corrected chi connectivity index (χ1v) is 14.8. The second kappa shape index (κ2) is 9.69. The van der Waals surface area contributed by atoms with E-state index in [0.717, 1.165) is 12.8 Å². The fourth-order valence-corrected chi connectivity index (χ4v) is 7.50. The molecule has 10 N–H and O–H groups in total. The molecule has 3 saturated heterocycles. The SMILES string of the molecule is CC1(C)O[C@H]2[C@H](n3cnc4c(N)ncnc43)OC3(CC(N)C3)[C@H]2O1.Nc1ncnc2c1ncn2[C@@H]1OC2(CC(N)C2)[C@@H](O)[C@H]1O. The van der Waals surface area contributed by atoms with Gasteiger partial charge in [-0.3, -0.25) is 9.13 Å². The van der Waals surface area contributed by atoms with Crippen LogP contribution in [-0.2, 0) is 18.9 Å². The molecule has 2 spiro atoms. The fourth-order valence-electron chi connectivity index (χ4n) is 7.50. The van der Waals surface area contributed by atoms with Gasteiger partial charge < -0.3 is 52.1 Å². The zero-order valence-corrected chi connectivity index (χ0v) is 24.7. The van der Waals surface area contributed by atoms with Crippen molar-refractivity contribution >= 4 is 34.0 Å². The van der Waals surface area contributed by atoms with Crippen LogP contribution in [0.5, 0.6) is 0 Å². The third-order valence-corrected chi connectivity index (χ3v) is 9.55. The molecule has 5 aliphatic rings. The number of nitrogens with two attached hydrogens (primary N) is 4. The highest BCUT2D eigenvalue weighted by Gasteiger charge is 2.67. The normalized spacial score (nSPS) is 39.6. The van der Waals surface area contributed by atoms with E-state index in [1.54, 1.807) is 10.9 Å². The summed E-state index contributed by atoms with van der Waals surface area (Å²) in [6, 6.07) is 0.123. The Morgan fingerprint density at radius 1 is 0.711 bits per heavy atom. The summed E-state index contributed by atoms with van der Waals surface area (Å²) in [5.41, 5.74) is 24.3. The van der Waals surface area contributed by atoms with Gasteiger partial charge in [-0.25, -0.2) is 29.9 Å². The Hall–Kier alpha value is -3.62. The first-order valence-electron chi connectivity index (χ1n) is 14.8. The molecular weight excluding hydrogens is 588 g/mol. The highest BCUT2D eigenvalue weighted by Crippen LogP contribution is 2.55. The van der Waals surface area contributed by atoms with Crippen molar-refractivity contribution in [1.29, 1.82) is 0 Å². The van der Waals surface area contributed by atoms with Crippen LogP contribution in [0.15, 0.2) is 25.3 Å². The van der Waals surface area contributed by atoms with Gasteiger partial charge >= 0.3 is 0 Å². The molecule has 0 unspecified atom stereocenters. The van der Waals surface area contributed by atoms with Gasteiger partial charge in [0.05, 0.1) is 12.7 Å². The molecule has 2 aliphatic carbocycles.